The summed E-state index contributed by atoms with van der Waals surface area (Å²) in [6.07, 6.45) is 4.25. The number of benzene rings is 1. The van der Waals surface area contributed by atoms with E-state index >= 15 is 0 Å². The van der Waals surface area contributed by atoms with Gasteiger partial charge >= 0.3 is 0 Å². The van der Waals surface area contributed by atoms with Crippen LogP contribution in [0.25, 0.3) is 0 Å². The smallest absolute Gasteiger partial charge is 0.253 e. The molecule has 1 aliphatic carbocycles. The van der Waals surface area contributed by atoms with Gasteiger partial charge in [0.05, 0.1) is 10.6 Å². The zero-order chi connectivity index (χ0) is 13.1. The van der Waals surface area contributed by atoms with E-state index in [0.717, 1.165) is 19.3 Å². The number of carbonyl (C=O) groups excluding carboxylic acids is 1. The number of nitrogens with one attached hydrogen (secondary N) is 1. The topological polar surface area (TPSA) is 29.1 Å². The van der Waals surface area contributed by atoms with Crippen molar-refractivity contribution >= 4 is 33.4 Å². The molecule has 2 rings (SSSR count). The lowest BCUT2D eigenvalue weighted by atomic mass is 9.95. The third-order valence-electron chi connectivity index (χ3n) is 3.19. The van der Waals surface area contributed by atoms with E-state index < -0.39 is 5.82 Å². The zero-order valence-electron chi connectivity index (χ0n) is 9.76. The molecule has 1 saturated carbocycles. The fourth-order valence-corrected chi connectivity index (χ4v) is 3.11. The highest BCUT2D eigenvalue weighted by Gasteiger charge is 2.25. The standard InChI is InChI=1S/C13H14BrClFNO/c14-9-5-1-2-7-11(9)17-13(18)8-4-3-6-10(16)12(8)15/h3-4,6,9,11H,1-2,5,7H2,(H,17,18). The minimum atomic E-state index is -0.566. The van der Waals surface area contributed by atoms with E-state index in [2.05, 4.69) is 21.2 Å². The summed E-state index contributed by atoms with van der Waals surface area (Å²) in [6, 6.07) is 4.35. The van der Waals surface area contributed by atoms with Crippen molar-refractivity contribution in [3.05, 3.63) is 34.6 Å². The minimum Gasteiger partial charge on any atom is -0.348 e. The Morgan fingerprint density at radius 3 is 2.83 bits per heavy atom. The first-order valence-corrected chi connectivity index (χ1v) is 7.28. The van der Waals surface area contributed by atoms with Crippen LogP contribution in [0.3, 0.4) is 0 Å². The molecule has 1 aromatic rings. The molecule has 98 valence electrons. The lowest BCUT2D eigenvalue weighted by Crippen LogP contribution is -2.42. The van der Waals surface area contributed by atoms with Crippen molar-refractivity contribution in [3.8, 4) is 0 Å². The number of hydrogen-bond donors (Lipinski definition) is 1. The number of halogens is 3. The van der Waals surface area contributed by atoms with E-state index in [4.69, 9.17) is 11.6 Å². The largest absolute Gasteiger partial charge is 0.348 e. The molecule has 0 radical (unpaired) electrons. The van der Waals surface area contributed by atoms with Gasteiger partial charge in [0.2, 0.25) is 0 Å². The van der Waals surface area contributed by atoms with E-state index in [9.17, 15) is 9.18 Å². The van der Waals surface area contributed by atoms with Crippen LogP contribution in [0, 0.1) is 5.82 Å². The van der Waals surface area contributed by atoms with E-state index in [1.807, 2.05) is 0 Å². The van der Waals surface area contributed by atoms with Gasteiger partial charge in [-0.2, -0.15) is 0 Å². The lowest BCUT2D eigenvalue weighted by molar-refractivity contribution is 0.0929. The van der Waals surface area contributed by atoms with Crippen molar-refractivity contribution in [2.45, 2.75) is 36.6 Å². The van der Waals surface area contributed by atoms with Crippen LogP contribution >= 0.6 is 27.5 Å². The summed E-state index contributed by atoms with van der Waals surface area (Å²) in [5, 5.41) is 2.80. The molecular weight excluding hydrogens is 321 g/mol. The van der Waals surface area contributed by atoms with E-state index in [1.54, 1.807) is 0 Å². The predicted molar refractivity (Wildman–Crippen MR) is 73.8 cm³/mol. The lowest BCUT2D eigenvalue weighted by Gasteiger charge is -2.28. The Bertz CT molecular complexity index is 455. The van der Waals surface area contributed by atoms with Gasteiger partial charge in [-0.3, -0.25) is 4.79 Å². The summed E-state index contributed by atoms with van der Waals surface area (Å²) in [7, 11) is 0. The van der Waals surface area contributed by atoms with E-state index in [1.165, 1.54) is 24.6 Å². The fraction of sp³-hybridized carbons (Fsp3) is 0.462. The van der Waals surface area contributed by atoms with Gasteiger partial charge in [0.15, 0.2) is 0 Å². The van der Waals surface area contributed by atoms with Crippen LogP contribution in [-0.2, 0) is 0 Å². The zero-order valence-corrected chi connectivity index (χ0v) is 12.1. The summed E-state index contributed by atoms with van der Waals surface area (Å²) in [6.45, 7) is 0. The Labute approximate surface area is 119 Å². The predicted octanol–water partition coefficient (Wildman–Crippen LogP) is 3.92. The molecule has 0 aromatic heterocycles. The third kappa shape index (κ3) is 3.04. The van der Waals surface area contributed by atoms with Gasteiger partial charge < -0.3 is 5.32 Å². The summed E-state index contributed by atoms with van der Waals surface area (Å²) in [5.74, 6) is -0.876. The van der Waals surface area contributed by atoms with Gasteiger partial charge in [0.1, 0.15) is 5.82 Å². The second-order valence-corrected chi connectivity index (χ2v) is 6.04. The van der Waals surface area contributed by atoms with E-state index in [-0.39, 0.29) is 27.4 Å². The molecule has 1 aromatic carbocycles. The van der Waals surface area contributed by atoms with Gasteiger partial charge in [-0.25, -0.2) is 4.39 Å². The average Bonchev–Trinajstić information content (AvgIpc) is 2.35. The maximum atomic E-state index is 13.3. The van der Waals surface area contributed by atoms with Crippen molar-refractivity contribution in [3.63, 3.8) is 0 Å². The van der Waals surface area contributed by atoms with Crippen LogP contribution in [-0.4, -0.2) is 16.8 Å². The Balaban J connectivity index is 2.09. The minimum absolute atomic E-state index is 0.0885. The maximum absolute atomic E-state index is 13.3. The second kappa shape index (κ2) is 6.02. The summed E-state index contributed by atoms with van der Waals surface area (Å²) in [4.78, 5) is 12.3. The quantitative estimate of drug-likeness (QED) is 0.816. The first-order chi connectivity index (χ1) is 8.59. The molecule has 2 unspecified atom stereocenters. The molecule has 1 fully saturated rings. The van der Waals surface area contributed by atoms with Crippen LogP contribution in [0.4, 0.5) is 4.39 Å². The van der Waals surface area contributed by atoms with Crippen LogP contribution in [0.15, 0.2) is 18.2 Å². The third-order valence-corrected chi connectivity index (χ3v) is 4.67. The first-order valence-electron chi connectivity index (χ1n) is 5.98. The fourth-order valence-electron chi connectivity index (χ4n) is 2.17. The molecule has 18 heavy (non-hydrogen) atoms. The van der Waals surface area contributed by atoms with Crippen LogP contribution in [0.5, 0.6) is 0 Å². The van der Waals surface area contributed by atoms with Crippen molar-refractivity contribution in [2.24, 2.45) is 0 Å². The Morgan fingerprint density at radius 1 is 1.39 bits per heavy atom. The summed E-state index contributed by atoms with van der Waals surface area (Å²) < 4.78 is 13.3. The number of rotatable bonds is 2. The second-order valence-electron chi connectivity index (χ2n) is 4.48. The van der Waals surface area contributed by atoms with Crippen LogP contribution < -0.4 is 5.32 Å². The Kier molecular flexibility index (Phi) is 4.62. The molecule has 1 aliphatic rings. The normalized spacial score (nSPS) is 23.7. The Morgan fingerprint density at radius 2 is 2.11 bits per heavy atom. The van der Waals surface area contributed by atoms with Gasteiger partial charge in [-0.1, -0.05) is 46.4 Å². The highest BCUT2D eigenvalue weighted by Crippen LogP contribution is 2.25. The van der Waals surface area contributed by atoms with Gasteiger partial charge in [-0.15, -0.1) is 0 Å². The number of hydrogen-bond acceptors (Lipinski definition) is 1. The molecule has 5 heteroatoms. The summed E-state index contributed by atoms with van der Waals surface area (Å²) >= 11 is 9.36. The molecule has 0 aliphatic heterocycles. The molecule has 0 heterocycles. The maximum Gasteiger partial charge on any atom is 0.253 e. The average molecular weight is 335 g/mol. The first kappa shape index (κ1) is 13.8. The van der Waals surface area contributed by atoms with Crippen molar-refractivity contribution in [1.82, 2.24) is 5.32 Å². The molecule has 2 atom stereocenters. The molecule has 1 N–H and O–H groups in total. The number of carbonyl (C=O) groups is 1. The monoisotopic (exact) mass is 333 g/mol. The van der Waals surface area contributed by atoms with Gasteiger partial charge in [0.25, 0.3) is 5.91 Å². The molecule has 2 nitrogen and oxygen atoms in total. The van der Waals surface area contributed by atoms with Crippen LogP contribution in [0.1, 0.15) is 36.0 Å². The van der Waals surface area contributed by atoms with Crippen molar-refractivity contribution in [2.75, 3.05) is 0 Å². The molecule has 0 saturated heterocycles. The highest BCUT2D eigenvalue weighted by molar-refractivity contribution is 9.09. The SMILES string of the molecule is O=C(NC1CCCCC1Br)c1cccc(F)c1Cl. The Hall–Kier alpha value is -0.610. The van der Waals surface area contributed by atoms with Gasteiger partial charge in [0, 0.05) is 10.9 Å². The van der Waals surface area contributed by atoms with Gasteiger partial charge in [-0.05, 0) is 25.0 Å². The highest BCUT2D eigenvalue weighted by atomic mass is 79.9. The van der Waals surface area contributed by atoms with Crippen molar-refractivity contribution in [1.29, 1.82) is 0 Å². The van der Waals surface area contributed by atoms with E-state index in [0.29, 0.717) is 0 Å². The number of amides is 1. The molecular formula is C13H14BrClFNO. The number of alkyl halides is 1. The summed E-state index contributed by atoms with van der Waals surface area (Å²) in [5.41, 5.74) is 0.196. The molecule has 1 amide bonds. The molecule has 0 bridgehead atoms. The van der Waals surface area contributed by atoms with Crippen LogP contribution in [0.2, 0.25) is 5.02 Å². The molecule has 0 spiro atoms. The van der Waals surface area contributed by atoms with Crippen molar-refractivity contribution < 1.29 is 9.18 Å².